The van der Waals surface area contributed by atoms with Gasteiger partial charge in [-0.25, -0.2) is 9.50 Å². The number of hydrogen-bond acceptors (Lipinski definition) is 4. The van der Waals surface area contributed by atoms with E-state index in [1.165, 1.54) is 0 Å². The third kappa shape index (κ3) is 4.06. The first kappa shape index (κ1) is 19.2. The molecule has 0 bridgehead atoms. The van der Waals surface area contributed by atoms with Crippen molar-refractivity contribution >= 4 is 23.2 Å². The lowest BCUT2D eigenvalue weighted by Gasteiger charge is -2.18. The first-order chi connectivity index (χ1) is 13.1. The molecule has 2 aromatic heterocycles. The molecule has 3 rings (SSSR count). The number of fused-ring (bicyclic) bond motifs is 1. The van der Waals surface area contributed by atoms with E-state index in [0.29, 0.717) is 36.2 Å². The predicted octanol–water partition coefficient (Wildman–Crippen LogP) is 3.86. The van der Waals surface area contributed by atoms with Crippen LogP contribution in [-0.4, -0.2) is 45.1 Å². The molecule has 3 aromatic rings. The van der Waals surface area contributed by atoms with E-state index in [2.05, 4.69) is 5.10 Å². The fraction of sp³-hybridized carbons (Fsp3) is 0.350. The van der Waals surface area contributed by atoms with Crippen LogP contribution in [0.15, 0.2) is 36.4 Å². The SMILES string of the molecule is CCOc1ccc2nc(-c3ccc(Cl)cc3)c(CC(=O)N(CC)CC)n2n1. The molecule has 0 spiro atoms. The summed E-state index contributed by atoms with van der Waals surface area (Å²) in [6.07, 6.45) is 0.212. The third-order valence-corrected chi connectivity index (χ3v) is 4.64. The van der Waals surface area contributed by atoms with Gasteiger partial charge in [-0.3, -0.25) is 4.79 Å². The van der Waals surface area contributed by atoms with Gasteiger partial charge in [0.25, 0.3) is 0 Å². The lowest BCUT2D eigenvalue weighted by Crippen LogP contribution is -2.32. The summed E-state index contributed by atoms with van der Waals surface area (Å²) in [5.74, 6) is 0.544. The number of hydrogen-bond donors (Lipinski definition) is 0. The second-order valence-corrected chi connectivity index (χ2v) is 6.47. The Hall–Kier alpha value is -2.60. The molecule has 0 saturated heterocycles. The van der Waals surface area contributed by atoms with Crippen molar-refractivity contribution in [3.63, 3.8) is 0 Å². The zero-order valence-electron chi connectivity index (χ0n) is 15.8. The Kier molecular flexibility index (Phi) is 5.96. The Bertz CT molecular complexity index is 933. The maximum Gasteiger partial charge on any atom is 0.231 e. The van der Waals surface area contributed by atoms with Crippen LogP contribution in [0.1, 0.15) is 26.5 Å². The summed E-state index contributed by atoms with van der Waals surface area (Å²) in [6.45, 7) is 7.71. The van der Waals surface area contributed by atoms with Crippen LogP contribution in [-0.2, 0) is 11.2 Å². The van der Waals surface area contributed by atoms with Crippen LogP contribution in [0.25, 0.3) is 16.9 Å². The minimum Gasteiger partial charge on any atom is -0.477 e. The Labute approximate surface area is 163 Å². The fourth-order valence-corrected chi connectivity index (χ4v) is 3.14. The van der Waals surface area contributed by atoms with Crippen LogP contribution in [0.2, 0.25) is 5.02 Å². The van der Waals surface area contributed by atoms with Crippen LogP contribution in [0, 0.1) is 0 Å². The van der Waals surface area contributed by atoms with Gasteiger partial charge in [-0.05, 0) is 39.0 Å². The molecule has 0 N–H and O–H groups in total. The van der Waals surface area contributed by atoms with Gasteiger partial charge >= 0.3 is 0 Å². The molecule has 27 heavy (non-hydrogen) atoms. The van der Waals surface area contributed by atoms with Crippen molar-refractivity contribution in [1.82, 2.24) is 19.5 Å². The number of amides is 1. The summed E-state index contributed by atoms with van der Waals surface area (Å²) in [5, 5.41) is 5.18. The number of likely N-dealkylation sites (N-methyl/N-ethyl adjacent to an activating group) is 1. The molecule has 0 fully saturated rings. The fourth-order valence-electron chi connectivity index (χ4n) is 3.02. The van der Waals surface area contributed by atoms with E-state index in [9.17, 15) is 4.79 Å². The van der Waals surface area contributed by atoms with Crippen LogP contribution >= 0.6 is 11.6 Å². The summed E-state index contributed by atoms with van der Waals surface area (Å²) < 4.78 is 7.23. The minimum atomic E-state index is 0.0422. The highest BCUT2D eigenvalue weighted by Gasteiger charge is 2.21. The molecule has 0 aliphatic rings. The lowest BCUT2D eigenvalue weighted by molar-refractivity contribution is -0.130. The summed E-state index contributed by atoms with van der Waals surface area (Å²) in [7, 11) is 0. The topological polar surface area (TPSA) is 59.7 Å². The largest absolute Gasteiger partial charge is 0.477 e. The summed E-state index contributed by atoms with van der Waals surface area (Å²) in [5.41, 5.74) is 3.04. The van der Waals surface area contributed by atoms with Crippen molar-refractivity contribution in [3.05, 3.63) is 47.1 Å². The lowest BCUT2D eigenvalue weighted by atomic mass is 10.1. The molecule has 0 atom stereocenters. The van der Waals surface area contributed by atoms with Crippen LogP contribution in [0.5, 0.6) is 5.88 Å². The first-order valence-corrected chi connectivity index (χ1v) is 9.50. The van der Waals surface area contributed by atoms with Gasteiger partial charge in [0.2, 0.25) is 11.8 Å². The molecule has 0 radical (unpaired) electrons. The van der Waals surface area contributed by atoms with Crippen molar-refractivity contribution in [2.45, 2.75) is 27.2 Å². The molecule has 7 heteroatoms. The average Bonchev–Trinajstić information content (AvgIpc) is 3.01. The number of benzene rings is 1. The van der Waals surface area contributed by atoms with Gasteiger partial charge in [0.05, 0.1) is 24.4 Å². The highest BCUT2D eigenvalue weighted by molar-refractivity contribution is 6.30. The van der Waals surface area contributed by atoms with Gasteiger partial charge in [0, 0.05) is 29.7 Å². The maximum absolute atomic E-state index is 12.8. The van der Waals surface area contributed by atoms with E-state index in [1.807, 2.05) is 51.1 Å². The third-order valence-electron chi connectivity index (χ3n) is 4.39. The van der Waals surface area contributed by atoms with Crippen molar-refractivity contribution in [1.29, 1.82) is 0 Å². The smallest absolute Gasteiger partial charge is 0.231 e. The van der Waals surface area contributed by atoms with Gasteiger partial charge in [0.15, 0.2) is 5.65 Å². The molecule has 1 aromatic carbocycles. The monoisotopic (exact) mass is 386 g/mol. The van der Waals surface area contributed by atoms with Gasteiger partial charge in [-0.2, -0.15) is 0 Å². The average molecular weight is 387 g/mol. The van der Waals surface area contributed by atoms with E-state index in [0.717, 1.165) is 17.0 Å². The maximum atomic E-state index is 12.8. The molecule has 6 nitrogen and oxygen atoms in total. The molecule has 2 heterocycles. The Balaban J connectivity index is 2.12. The number of rotatable bonds is 7. The number of carbonyl (C=O) groups excluding carboxylic acids is 1. The number of ether oxygens (including phenoxy) is 1. The quantitative estimate of drug-likeness (QED) is 0.618. The minimum absolute atomic E-state index is 0.0422. The Morgan fingerprint density at radius 2 is 1.81 bits per heavy atom. The molecule has 0 saturated carbocycles. The van der Waals surface area contributed by atoms with Crippen LogP contribution in [0.3, 0.4) is 0 Å². The van der Waals surface area contributed by atoms with E-state index in [4.69, 9.17) is 21.3 Å². The molecule has 0 unspecified atom stereocenters. The molecule has 1 amide bonds. The summed E-state index contributed by atoms with van der Waals surface area (Å²) in [6, 6.07) is 11.1. The number of nitrogens with zero attached hydrogens (tertiary/aromatic N) is 4. The van der Waals surface area contributed by atoms with Gasteiger partial charge in [0.1, 0.15) is 0 Å². The second-order valence-electron chi connectivity index (χ2n) is 6.03. The van der Waals surface area contributed by atoms with E-state index in [-0.39, 0.29) is 12.3 Å². The van der Waals surface area contributed by atoms with Crippen LogP contribution in [0.4, 0.5) is 0 Å². The molecule has 142 valence electrons. The van der Waals surface area contributed by atoms with Crippen molar-refractivity contribution in [2.24, 2.45) is 0 Å². The number of carbonyl (C=O) groups is 1. The van der Waals surface area contributed by atoms with E-state index in [1.54, 1.807) is 15.5 Å². The van der Waals surface area contributed by atoms with E-state index >= 15 is 0 Å². The highest BCUT2D eigenvalue weighted by atomic mass is 35.5. The second kappa shape index (κ2) is 8.39. The molecular formula is C20H23ClN4O2. The van der Waals surface area contributed by atoms with Crippen LogP contribution < -0.4 is 4.74 Å². The van der Waals surface area contributed by atoms with Crippen molar-refractivity contribution in [2.75, 3.05) is 19.7 Å². The molecular weight excluding hydrogens is 364 g/mol. The normalized spacial score (nSPS) is 11.0. The highest BCUT2D eigenvalue weighted by Crippen LogP contribution is 2.27. The molecule has 0 aliphatic carbocycles. The standard InChI is InChI=1S/C20H23ClN4O2/c1-4-24(5-2)19(26)13-16-20(14-7-9-15(21)10-8-14)22-17-11-12-18(27-6-3)23-25(16)17/h7-12H,4-6,13H2,1-3H3. The first-order valence-electron chi connectivity index (χ1n) is 9.12. The van der Waals surface area contributed by atoms with E-state index < -0.39 is 0 Å². The number of imidazole rings is 1. The Morgan fingerprint density at radius 1 is 1.11 bits per heavy atom. The summed E-state index contributed by atoms with van der Waals surface area (Å²) >= 11 is 6.02. The predicted molar refractivity (Wildman–Crippen MR) is 106 cm³/mol. The number of aromatic nitrogens is 3. The zero-order valence-corrected chi connectivity index (χ0v) is 16.5. The van der Waals surface area contributed by atoms with Gasteiger partial charge in [-0.1, -0.05) is 23.7 Å². The van der Waals surface area contributed by atoms with Crippen molar-refractivity contribution in [3.8, 4) is 17.1 Å². The number of halogens is 1. The Morgan fingerprint density at radius 3 is 2.44 bits per heavy atom. The van der Waals surface area contributed by atoms with Crippen molar-refractivity contribution < 1.29 is 9.53 Å². The zero-order chi connectivity index (χ0) is 19.4. The van der Waals surface area contributed by atoms with Gasteiger partial charge in [-0.15, -0.1) is 5.10 Å². The van der Waals surface area contributed by atoms with Gasteiger partial charge < -0.3 is 9.64 Å². The summed E-state index contributed by atoms with van der Waals surface area (Å²) in [4.78, 5) is 19.3. The molecule has 0 aliphatic heterocycles.